The summed E-state index contributed by atoms with van der Waals surface area (Å²) in [6.45, 7) is 0.107. The molecule has 0 saturated carbocycles. The van der Waals surface area contributed by atoms with Gasteiger partial charge in [0.15, 0.2) is 0 Å². The third kappa shape index (κ3) is 4.25. The first kappa shape index (κ1) is 18.4. The van der Waals surface area contributed by atoms with Crippen molar-refractivity contribution in [2.45, 2.75) is 24.8 Å². The molecule has 2 aromatic carbocycles. The molecule has 0 unspecified atom stereocenters. The van der Waals surface area contributed by atoms with Gasteiger partial charge in [0.25, 0.3) is 0 Å². The molecule has 3 rings (SSSR count). The number of nitrogens with one attached hydrogen (secondary N) is 1. The second-order valence-corrected chi connectivity index (χ2v) is 6.44. The van der Waals surface area contributed by atoms with Gasteiger partial charge in [-0.15, -0.1) is 0 Å². The molecule has 0 aromatic heterocycles. The Morgan fingerprint density at radius 3 is 2.07 bits per heavy atom. The number of hydrogen-bond acceptors (Lipinski definition) is 4. The summed E-state index contributed by atoms with van der Waals surface area (Å²) in [6.07, 6.45) is -1.45. The van der Waals surface area contributed by atoms with E-state index in [9.17, 15) is 14.4 Å². The second-order valence-electron chi connectivity index (χ2n) is 6.44. The Bertz CT molecular complexity index is 819. The van der Waals surface area contributed by atoms with Gasteiger partial charge in [0.1, 0.15) is 6.61 Å². The Morgan fingerprint density at radius 2 is 1.56 bits per heavy atom. The first-order valence-electron chi connectivity index (χ1n) is 8.57. The summed E-state index contributed by atoms with van der Waals surface area (Å²) in [4.78, 5) is 34.0. The number of alkyl carbamates (subject to hydrolysis) is 1. The maximum Gasteiger partial charge on any atom is 0.407 e. The number of benzene rings is 2. The van der Waals surface area contributed by atoms with Crippen LogP contribution in [0.2, 0.25) is 0 Å². The van der Waals surface area contributed by atoms with Gasteiger partial charge in [-0.1, -0.05) is 48.5 Å². The van der Waals surface area contributed by atoms with Crippen LogP contribution in [-0.2, 0) is 14.3 Å². The molecule has 27 heavy (non-hydrogen) atoms. The smallest absolute Gasteiger partial charge is 0.407 e. The third-order valence-corrected chi connectivity index (χ3v) is 4.53. The van der Waals surface area contributed by atoms with Gasteiger partial charge in [-0.25, -0.2) is 4.79 Å². The van der Waals surface area contributed by atoms with Crippen LogP contribution in [0.1, 0.15) is 29.9 Å². The highest BCUT2D eigenvalue weighted by molar-refractivity contribution is 5.80. The molecule has 1 aliphatic rings. The number of rotatable bonds is 7. The van der Waals surface area contributed by atoms with E-state index in [1.807, 2.05) is 48.5 Å². The molecular formula is C20H20N2O5. The van der Waals surface area contributed by atoms with Gasteiger partial charge in [0.05, 0.1) is 12.5 Å². The number of fused-ring (bicyclic) bond motifs is 3. The Labute approximate surface area is 156 Å². The molecular weight excluding hydrogens is 348 g/mol. The van der Waals surface area contributed by atoms with E-state index in [0.717, 1.165) is 22.3 Å². The van der Waals surface area contributed by atoms with E-state index < -0.39 is 30.4 Å². The van der Waals surface area contributed by atoms with Crippen molar-refractivity contribution in [1.82, 2.24) is 5.32 Å². The van der Waals surface area contributed by atoms with Crippen LogP contribution in [0.4, 0.5) is 4.79 Å². The van der Waals surface area contributed by atoms with E-state index in [2.05, 4.69) is 5.32 Å². The van der Waals surface area contributed by atoms with Crippen molar-refractivity contribution in [2.24, 2.45) is 5.73 Å². The number of carboxylic acid groups (broad SMARTS) is 1. The molecule has 2 amide bonds. The second kappa shape index (κ2) is 7.90. The number of nitrogens with two attached hydrogens (primary N) is 1. The topological polar surface area (TPSA) is 119 Å². The van der Waals surface area contributed by atoms with Crippen LogP contribution in [-0.4, -0.2) is 35.7 Å². The SMILES string of the molecule is NC(=O)C[C@H](CC(=O)O)NC(=O)OCC1c2ccccc2-c2ccccc21. The van der Waals surface area contributed by atoms with Crippen LogP contribution >= 0.6 is 0 Å². The summed E-state index contributed by atoms with van der Waals surface area (Å²) in [6, 6.07) is 15.0. The zero-order valence-electron chi connectivity index (χ0n) is 14.6. The number of primary amides is 1. The van der Waals surface area contributed by atoms with Gasteiger partial charge in [-0.05, 0) is 22.3 Å². The van der Waals surface area contributed by atoms with Crippen LogP contribution in [0.25, 0.3) is 11.1 Å². The van der Waals surface area contributed by atoms with Crippen LogP contribution in [0.5, 0.6) is 0 Å². The molecule has 1 atom stereocenters. The zero-order valence-corrected chi connectivity index (χ0v) is 14.6. The Morgan fingerprint density at radius 1 is 1.00 bits per heavy atom. The standard InChI is InChI=1S/C20H20N2O5/c21-18(23)9-12(10-19(24)25)22-20(26)27-11-17-15-7-3-1-5-13(15)14-6-2-4-8-16(14)17/h1-8,12,17H,9-11H2,(H2,21,23)(H,22,26)(H,24,25)/t12-/m1/s1. The Hall–Kier alpha value is -3.35. The van der Waals surface area contributed by atoms with Crippen molar-refractivity contribution < 1.29 is 24.2 Å². The minimum Gasteiger partial charge on any atom is -0.481 e. The zero-order chi connectivity index (χ0) is 19.4. The molecule has 0 bridgehead atoms. The number of amides is 2. The lowest BCUT2D eigenvalue weighted by molar-refractivity contribution is -0.137. The normalized spacial score (nSPS) is 13.3. The molecule has 0 spiro atoms. The average molecular weight is 368 g/mol. The van der Waals surface area contributed by atoms with Crippen LogP contribution in [0.15, 0.2) is 48.5 Å². The fourth-order valence-corrected chi connectivity index (χ4v) is 3.43. The largest absolute Gasteiger partial charge is 0.481 e. The van der Waals surface area contributed by atoms with Crippen molar-refractivity contribution in [3.8, 4) is 11.1 Å². The predicted octanol–water partition coefficient (Wildman–Crippen LogP) is 2.24. The molecule has 7 nitrogen and oxygen atoms in total. The number of hydrogen-bond donors (Lipinski definition) is 3. The number of carbonyl (C=O) groups is 3. The summed E-state index contributed by atoms with van der Waals surface area (Å²) in [5, 5.41) is 11.3. The lowest BCUT2D eigenvalue weighted by Crippen LogP contribution is -2.40. The van der Waals surface area contributed by atoms with Gasteiger partial charge >= 0.3 is 12.1 Å². The van der Waals surface area contributed by atoms with Crippen molar-refractivity contribution >= 4 is 18.0 Å². The lowest BCUT2D eigenvalue weighted by Gasteiger charge is -2.18. The highest BCUT2D eigenvalue weighted by atomic mass is 16.5. The molecule has 0 radical (unpaired) electrons. The van der Waals surface area contributed by atoms with E-state index in [-0.39, 0.29) is 18.9 Å². The minimum absolute atomic E-state index is 0.0998. The summed E-state index contributed by atoms with van der Waals surface area (Å²) < 4.78 is 5.34. The van der Waals surface area contributed by atoms with Crippen LogP contribution in [0, 0.1) is 0 Å². The number of aliphatic carboxylic acids is 1. The first-order valence-corrected chi connectivity index (χ1v) is 8.57. The molecule has 0 heterocycles. The quantitative estimate of drug-likeness (QED) is 0.692. The highest BCUT2D eigenvalue weighted by Gasteiger charge is 2.29. The Kier molecular flexibility index (Phi) is 5.40. The summed E-state index contributed by atoms with van der Waals surface area (Å²) in [5.41, 5.74) is 9.47. The van der Waals surface area contributed by atoms with Crippen molar-refractivity contribution in [2.75, 3.05) is 6.61 Å². The van der Waals surface area contributed by atoms with Gasteiger partial charge in [0.2, 0.25) is 5.91 Å². The van der Waals surface area contributed by atoms with Crippen molar-refractivity contribution in [3.63, 3.8) is 0 Å². The summed E-state index contributed by atoms with van der Waals surface area (Å²) >= 11 is 0. The fourth-order valence-electron chi connectivity index (χ4n) is 3.43. The summed E-state index contributed by atoms with van der Waals surface area (Å²) in [7, 11) is 0. The predicted molar refractivity (Wildman–Crippen MR) is 98.1 cm³/mol. The lowest BCUT2D eigenvalue weighted by atomic mass is 9.98. The molecule has 140 valence electrons. The van der Waals surface area contributed by atoms with Crippen molar-refractivity contribution in [3.05, 3.63) is 59.7 Å². The van der Waals surface area contributed by atoms with E-state index >= 15 is 0 Å². The van der Waals surface area contributed by atoms with Crippen LogP contribution < -0.4 is 11.1 Å². The summed E-state index contributed by atoms with van der Waals surface area (Å²) in [5.74, 6) is -1.93. The van der Waals surface area contributed by atoms with Gasteiger partial charge in [-0.2, -0.15) is 0 Å². The first-order chi connectivity index (χ1) is 13.0. The van der Waals surface area contributed by atoms with Gasteiger partial charge in [-0.3, -0.25) is 9.59 Å². The van der Waals surface area contributed by atoms with Crippen LogP contribution in [0.3, 0.4) is 0 Å². The van der Waals surface area contributed by atoms with E-state index in [1.54, 1.807) is 0 Å². The average Bonchev–Trinajstić information content (AvgIpc) is 2.93. The van der Waals surface area contributed by atoms with Gasteiger partial charge < -0.3 is 20.9 Å². The maximum absolute atomic E-state index is 12.1. The number of carboxylic acids is 1. The minimum atomic E-state index is -1.14. The van der Waals surface area contributed by atoms with E-state index in [4.69, 9.17) is 15.6 Å². The maximum atomic E-state index is 12.1. The van der Waals surface area contributed by atoms with E-state index in [1.165, 1.54) is 0 Å². The fraction of sp³-hybridized carbons (Fsp3) is 0.250. The molecule has 2 aromatic rings. The highest BCUT2D eigenvalue weighted by Crippen LogP contribution is 2.44. The number of ether oxygens (including phenoxy) is 1. The van der Waals surface area contributed by atoms with E-state index in [0.29, 0.717) is 0 Å². The Balaban J connectivity index is 1.68. The molecule has 0 saturated heterocycles. The molecule has 7 heteroatoms. The van der Waals surface area contributed by atoms with Crippen molar-refractivity contribution in [1.29, 1.82) is 0 Å². The molecule has 0 fully saturated rings. The molecule has 0 aliphatic heterocycles. The molecule has 1 aliphatic carbocycles. The number of carbonyl (C=O) groups excluding carboxylic acids is 2. The third-order valence-electron chi connectivity index (χ3n) is 4.53. The molecule has 4 N–H and O–H groups in total. The van der Waals surface area contributed by atoms with Gasteiger partial charge in [0, 0.05) is 12.3 Å². The monoisotopic (exact) mass is 368 g/mol.